The van der Waals surface area contributed by atoms with Crippen LogP contribution < -0.4 is 5.32 Å². The number of amides is 1. The van der Waals surface area contributed by atoms with Gasteiger partial charge in [-0.2, -0.15) is 5.10 Å². The van der Waals surface area contributed by atoms with Crippen molar-refractivity contribution in [3.8, 4) is 0 Å². The van der Waals surface area contributed by atoms with Gasteiger partial charge >= 0.3 is 0 Å². The van der Waals surface area contributed by atoms with Gasteiger partial charge in [0.05, 0.1) is 12.6 Å². The van der Waals surface area contributed by atoms with Gasteiger partial charge in [0.2, 0.25) is 0 Å². The van der Waals surface area contributed by atoms with Gasteiger partial charge < -0.3 is 14.6 Å². The third kappa shape index (κ3) is 3.68. The van der Waals surface area contributed by atoms with E-state index in [2.05, 4.69) is 10.4 Å². The summed E-state index contributed by atoms with van der Waals surface area (Å²) in [6.45, 7) is 2.83. The Morgan fingerprint density at radius 1 is 1.24 bits per heavy atom. The molecule has 0 saturated carbocycles. The number of likely N-dealkylation sites (tertiary alicyclic amines) is 1. The van der Waals surface area contributed by atoms with Crippen molar-refractivity contribution in [2.45, 2.75) is 12.6 Å². The highest BCUT2D eigenvalue weighted by molar-refractivity contribution is 5.92. The second-order valence-electron chi connectivity index (χ2n) is 7.51. The zero-order valence-corrected chi connectivity index (χ0v) is 16.5. The van der Waals surface area contributed by atoms with Crippen molar-refractivity contribution in [2.24, 2.45) is 11.8 Å². The minimum absolute atomic E-state index is 0. The number of furan rings is 1. The topological polar surface area (TPSA) is 63.3 Å². The molecule has 2 aliphatic rings. The van der Waals surface area contributed by atoms with Crippen LogP contribution in [-0.4, -0.2) is 40.2 Å². The summed E-state index contributed by atoms with van der Waals surface area (Å²) < 4.78 is 21.4. The molecule has 152 valence electrons. The van der Waals surface area contributed by atoms with Gasteiger partial charge in [0.1, 0.15) is 11.6 Å². The summed E-state index contributed by atoms with van der Waals surface area (Å²) in [6.07, 6.45) is 3.55. The number of carbonyl (C=O) groups excluding carboxylic acids is 1. The lowest BCUT2D eigenvalue weighted by atomic mass is 9.89. The van der Waals surface area contributed by atoms with Crippen molar-refractivity contribution in [1.29, 1.82) is 0 Å². The standard InChI is InChI=1S/C21H21FN4O2.ClH/c22-16-4-1-3-14(9-16)20-18-11-23-10-15(18)12-26(20)21(27)19-6-5-17(28-19)13-25-8-2-7-24-25;/h1-9,15,18,20,23H,10-13H2;1H/t15-,18-,20+;/m0./s1. The zero-order valence-electron chi connectivity index (χ0n) is 15.7. The molecule has 8 heteroatoms. The van der Waals surface area contributed by atoms with Crippen molar-refractivity contribution in [3.63, 3.8) is 0 Å². The largest absolute Gasteiger partial charge is 0.454 e. The van der Waals surface area contributed by atoms with Crippen molar-refractivity contribution >= 4 is 18.3 Å². The summed E-state index contributed by atoms with van der Waals surface area (Å²) in [4.78, 5) is 15.1. The molecule has 6 nitrogen and oxygen atoms in total. The molecule has 2 aliphatic heterocycles. The Bertz CT molecular complexity index is 990. The average molecular weight is 417 g/mol. The van der Waals surface area contributed by atoms with Gasteiger partial charge in [-0.25, -0.2) is 4.39 Å². The van der Waals surface area contributed by atoms with Crippen LogP contribution in [0.3, 0.4) is 0 Å². The molecular weight excluding hydrogens is 395 g/mol. The Kier molecular flexibility index (Phi) is 5.43. The van der Waals surface area contributed by atoms with Gasteiger partial charge in [0, 0.05) is 37.9 Å². The van der Waals surface area contributed by atoms with Crippen molar-refractivity contribution in [1.82, 2.24) is 20.0 Å². The number of rotatable bonds is 4. The van der Waals surface area contributed by atoms with E-state index >= 15 is 0 Å². The van der Waals surface area contributed by atoms with Crippen LogP contribution in [0, 0.1) is 17.7 Å². The number of carbonyl (C=O) groups is 1. The number of hydrogen-bond donors (Lipinski definition) is 1. The van der Waals surface area contributed by atoms with Crippen LogP contribution in [0.4, 0.5) is 4.39 Å². The van der Waals surface area contributed by atoms with Gasteiger partial charge in [-0.1, -0.05) is 12.1 Å². The Morgan fingerprint density at radius 2 is 2.14 bits per heavy atom. The van der Waals surface area contributed by atoms with E-state index in [0.29, 0.717) is 30.5 Å². The van der Waals surface area contributed by atoms with Gasteiger partial charge in [0.25, 0.3) is 5.91 Å². The van der Waals surface area contributed by atoms with E-state index in [9.17, 15) is 9.18 Å². The molecule has 1 N–H and O–H groups in total. The Balaban J connectivity index is 0.00000205. The minimum atomic E-state index is -0.279. The third-order valence-electron chi connectivity index (χ3n) is 5.77. The molecule has 2 fully saturated rings. The van der Waals surface area contributed by atoms with Gasteiger partial charge in [-0.3, -0.25) is 9.48 Å². The second kappa shape index (κ2) is 8.00. The lowest BCUT2D eigenvalue weighted by molar-refractivity contribution is 0.0679. The zero-order chi connectivity index (χ0) is 19.1. The first-order valence-electron chi connectivity index (χ1n) is 9.52. The maximum atomic E-state index is 13.9. The number of fused-ring (bicyclic) bond motifs is 1. The molecule has 0 bridgehead atoms. The monoisotopic (exact) mass is 416 g/mol. The third-order valence-corrected chi connectivity index (χ3v) is 5.77. The van der Waals surface area contributed by atoms with Crippen LogP contribution in [-0.2, 0) is 6.54 Å². The first-order valence-corrected chi connectivity index (χ1v) is 9.52. The number of aromatic nitrogens is 2. The SMILES string of the molecule is Cl.O=C(c1ccc(Cn2cccn2)o1)N1C[C@@H]2CNC[C@@H]2[C@H]1c1cccc(F)c1. The Morgan fingerprint density at radius 3 is 2.93 bits per heavy atom. The molecule has 2 aromatic heterocycles. The van der Waals surface area contributed by atoms with Crippen molar-refractivity contribution in [2.75, 3.05) is 19.6 Å². The minimum Gasteiger partial charge on any atom is -0.454 e. The van der Waals surface area contributed by atoms with Gasteiger partial charge in [-0.05, 0) is 41.8 Å². The second-order valence-corrected chi connectivity index (χ2v) is 7.51. The Labute approximate surface area is 174 Å². The van der Waals surface area contributed by atoms with Crippen LogP contribution in [0.5, 0.6) is 0 Å². The fourth-order valence-corrected chi connectivity index (χ4v) is 4.52. The lowest BCUT2D eigenvalue weighted by Crippen LogP contribution is -2.34. The number of nitrogens with zero attached hydrogens (tertiary/aromatic N) is 3. The number of hydrogen-bond acceptors (Lipinski definition) is 4. The molecule has 4 heterocycles. The van der Waals surface area contributed by atoms with E-state index in [1.165, 1.54) is 12.1 Å². The smallest absolute Gasteiger partial charge is 0.290 e. The van der Waals surface area contributed by atoms with Crippen LogP contribution >= 0.6 is 12.4 Å². The number of benzene rings is 1. The first-order chi connectivity index (χ1) is 13.7. The highest BCUT2D eigenvalue weighted by atomic mass is 35.5. The number of halogens is 2. The van der Waals surface area contributed by atoms with E-state index < -0.39 is 0 Å². The van der Waals surface area contributed by atoms with Crippen molar-refractivity contribution < 1.29 is 13.6 Å². The van der Waals surface area contributed by atoms with E-state index in [1.54, 1.807) is 23.0 Å². The van der Waals surface area contributed by atoms with E-state index in [1.807, 2.05) is 29.3 Å². The molecule has 0 spiro atoms. The van der Waals surface area contributed by atoms with E-state index in [-0.39, 0.29) is 36.1 Å². The summed E-state index contributed by atoms with van der Waals surface area (Å²) in [6, 6.07) is 11.8. The van der Waals surface area contributed by atoms with Crippen LogP contribution in [0.1, 0.15) is 27.9 Å². The molecule has 1 amide bonds. The predicted molar refractivity (Wildman–Crippen MR) is 107 cm³/mol. The maximum absolute atomic E-state index is 13.9. The van der Waals surface area contributed by atoms with Gasteiger partial charge in [0.15, 0.2) is 5.76 Å². The lowest BCUT2D eigenvalue weighted by Gasteiger charge is -2.27. The quantitative estimate of drug-likeness (QED) is 0.709. The van der Waals surface area contributed by atoms with Crippen LogP contribution in [0.2, 0.25) is 0 Å². The summed E-state index contributed by atoms with van der Waals surface area (Å²) in [5.74, 6) is 1.22. The fourth-order valence-electron chi connectivity index (χ4n) is 4.52. The highest BCUT2D eigenvalue weighted by Gasteiger charge is 2.47. The summed E-state index contributed by atoms with van der Waals surface area (Å²) in [7, 11) is 0. The van der Waals surface area contributed by atoms with Crippen LogP contribution in [0.15, 0.2) is 59.3 Å². The molecule has 3 atom stereocenters. The first kappa shape index (κ1) is 19.7. The normalized spacial score (nSPS) is 23.1. The molecule has 0 unspecified atom stereocenters. The van der Waals surface area contributed by atoms with Crippen LogP contribution in [0.25, 0.3) is 0 Å². The molecule has 1 aromatic carbocycles. The molecule has 0 radical (unpaired) electrons. The molecule has 3 aromatic rings. The molecule has 2 saturated heterocycles. The highest BCUT2D eigenvalue weighted by Crippen LogP contribution is 2.43. The average Bonchev–Trinajstić information content (AvgIpc) is 3.46. The van der Waals surface area contributed by atoms with E-state index in [4.69, 9.17) is 4.42 Å². The van der Waals surface area contributed by atoms with E-state index in [0.717, 1.165) is 18.7 Å². The summed E-state index contributed by atoms with van der Waals surface area (Å²) in [5, 5.41) is 7.56. The van der Waals surface area contributed by atoms with Gasteiger partial charge in [-0.15, -0.1) is 12.4 Å². The Hall–Kier alpha value is -2.64. The molecule has 29 heavy (non-hydrogen) atoms. The fraction of sp³-hybridized carbons (Fsp3) is 0.333. The summed E-state index contributed by atoms with van der Waals surface area (Å²) >= 11 is 0. The predicted octanol–water partition coefficient (Wildman–Crippen LogP) is 3.12. The molecule has 0 aliphatic carbocycles. The maximum Gasteiger partial charge on any atom is 0.290 e. The number of nitrogens with one attached hydrogen (secondary N) is 1. The van der Waals surface area contributed by atoms with Crippen molar-refractivity contribution in [3.05, 3.63) is 77.8 Å². The molecular formula is C21H22ClFN4O2. The molecule has 5 rings (SSSR count). The summed E-state index contributed by atoms with van der Waals surface area (Å²) in [5.41, 5.74) is 0.841.